The number of aliphatic imine (C=N–C) groups is 1. The number of likely N-dealkylation sites (tertiary alicyclic amines) is 1. The maximum atomic E-state index is 5.93. The number of halogens is 2. The van der Waals surface area contributed by atoms with Crippen molar-refractivity contribution in [2.45, 2.75) is 31.7 Å². The van der Waals surface area contributed by atoms with Gasteiger partial charge in [0.05, 0.1) is 6.61 Å². The Labute approximate surface area is 211 Å². The average Bonchev–Trinajstić information content (AvgIpc) is 3.47. The number of rotatable bonds is 7. The van der Waals surface area contributed by atoms with Crippen LogP contribution in [0.1, 0.15) is 25.2 Å². The Morgan fingerprint density at radius 1 is 1.22 bits per heavy atom. The molecule has 1 aromatic carbocycles. The van der Waals surface area contributed by atoms with Crippen molar-refractivity contribution in [3.8, 4) is 11.4 Å². The third-order valence-electron chi connectivity index (χ3n) is 5.89. The second-order valence-corrected chi connectivity index (χ2v) is 8.65. The van der Waals surface area contributed by atoms with Crippen LogP contribution in [0.2, 0.25) is 5.02 Å². The van der Waals surface area contributed by atoms with E-state index in [0.717, 1.165) is 50.7 Å². The third-order valence-corrected chi connectivity index (χ3v) is 6.15. The molecule has 2 N–H and O–H groups in total. The molecule has 0 radical (unpaired) electrons. The lowest BCUT2D eigenvalue weighted by molar-refractivity contribution is 0.150. The SMILES string of the molecule is CN=C(NCCc1nc(-c2ccc(Cl)cc2)no1)NC1CCN(CC2CCOC2)CC1.I. The summed E-state index contributed by atoms with van der Waals surface area (Å²) in [5.41, 5.74) is 0.886. The van der Waals surface area contributed by atoms with Gasteiger partial charge in [-0.15, -0.1) is 24.0 Å². The third kappa shape index (κ3) is 7.29. The van der Waals surface area contributed by atoms with Crippen LogP contribution in [0.4, 0.5) is 0 Å². The molecule has 2 aromatic rings. The number of guanidine groups is 1. The predicted molar refractivity (Wildman–Crippen MR) is 137 cm³/mol. The van der Waals surface area contributed by atoms with Gasteiger partial charge in [-0.2, -0.15) is 4.98 Å². The smallest absolute Gasteiger partial charge is 0.228 e. The van der Waals surface area contributed by atoms with Gasteiger partial charge in [-0.3, -0.25) is 4.99 Å². The summed E-state index contributed by atoms with van der Waals surface area (Å²) in [5.74, 6) is 2.70. The van der Waals surface area contributed by atoms with Crippen LogP contribution >= 0.6 is 35.6 Å². The molecular weight excluding hydrogens is 543 g/mol. The van der Waals surface area contributed by atoms with Crippen LogP contribution < -0.4 is 10.6 Å². The number of piperidine rings is 1. The van der Waals surface area contributed by atoms with E-state index in [9.17, 15) is 0 Å². The Balaban J connectivity index is 0.00000289. The van der Waals surface area contributed by atoms with Gasteiger partial charge in [0.1, 0.15) is 0 Å². The van der Waals surface area contributed by atoms with Crippen molar-refractivity contribution in [2.75, 3.05) is 46.4 Å². The van der Waals surface area contributed by atoms with Gasteiger partial charge >= 0.3 is 0 Å². The highest BCUT2D eigenvalue weighted by Crippen LogP contribution is 2.19. The minimum absolute atomic E-state index is 0. The molecule has 10 heteroatoms. The Hall–Kier alpha value is -1.43. The molecule has 0 amide bonds. The summed E-state index contributed by atoms with van der Waals surface area (Å²) in [6.45, 7) is 5.94. The van der Waals surface area contributed by atoms with Crippen molar-refractivity contribution in [3.05, 3.63) is 35.2 Å². The second-order valence-electron chi connectivity index (χ2n) is 8.22. The van der Waals surface area contributed by atoms with E-state index >= 15 is 0 Å². The van der Waals surface area contributed by atoms with Crippen molar-refractivity contribution in [3.63, 3.8) is 0 Å². The summed E-state index contributed by atoms with van der Waals surface area (Å²) in [6, 6.07) is 7.85. The largest absolute Gasteiger partial charge is 0.381 e. The Morgan fingerprint density at radius 3 is 2.69 bits per heavy atom. The lowest BCUT2D eigenvalue weighted by atomic mass is 10.0. The first-order valence-electron chi connectivity index (χ1n) is 11.1. The van der Waals surface area contributed by atoms with Gasteiger partial charge in [0.15, 0.2) is 5.96 Å². The molecule has 0 bridgehead atoms. The first kappa shape index (κ1) is 25.2. The second kappa shape index (κ2) is 12.7. The first-order chi connectivity index (χ1) is 15.2. The summed E-state index contributed by atoms with van der Waals surface area (Å²) in [5, 5.41) is 11.6. The molecular formula is C22H32ClIN6O2. The van der Waals surface area contributed by atoms with Crippen molar-refractivity contribution < 1.29 is 9.26 Å². The number of hydrogen-bond acceptors (Lipinski definition) is 6. The van der Waals surface area contributed by atoms with E-state index < -0.39 is 0 Å². The first-order valence-corrected chi connectivity index (χ1v) is 11.4. The molecule has 2 saturated heterocycles. The molecule has 8 nitrogen and oxygen atoms in total. The minimum Gasteiger partial charge on any atom is -0.381 e. The zero-order valence-corrected chi connectivity index (χ0v) is 21.5. The van der Waals surface area contributed by atoms with E-state index in [1.807, 2.05) is 24.3 Å². The quantitative estimate of drug-likeness (QED) is 0.298. The molecule has 32 heavy (non-hydrogen) atoms. The Kier molecular flexibility index (Phi) is 10.0. The van der Waals surface area contributed by atoms with E-state index in [1.54, 1.807) is 7.05 Å². The highest BCUT2D eigenvalue weighted by molar-refractivity contribution is 14.0. The summed E-state index contributed by atoms with van der Waals surface area (Å²) in [7, 11) is 1.80. The fourth-order valence-electron chi connectivity index (χ4n) is 4.10. The highest BCUT2D eigenvalue weighted by Gasteiger charge is 2.24. The monoisotopic (exact) mass is 574 g/mol. The zero-order chi connectivity index (χ0) is 21.5. The van der Waals surface area contributed by atoms with Crippen LogP contribution in [-0.2, 0) is 11.2 Å². The van der Waals surface area contributed by atoms with Crippen molar-refractivity contribution in [1.82, 2.24) is 25.7 Å². The Morgan fingerprint density at radius 2 is 2.00 bits per heavy atom. The van der Waals surface area contributed by atoms with Crippen LogP contribution in [-0.4, -0.2) is 73.5 Å². The Bertz CT molecular complexity index is 848. The summed E-state index contributed by atoms with van der Waals surface area (Å²) >= 11 is 5.93. The molecule has 1 atom stereocenters. The van der Waals surface area contributed by atoms with Crippen molar-refractivity contribution in [1.29, 1.82) is 0 Å². The summed E-state index contributed by atoms with van der Waals surface area (Å²) < 4.78 is 10.9. The molecule has 3 heterocycles. The standard InChI is InChI=1S/C22H31ClN6O2.HI/c1-24-22(26-19-7-11-29(12-8-19)14-16-9-13-30-15-16)25-10-6-20-27-21(28-31-20)17-2-4-18(23)5-3-17;/h2-5,16,19H,6-15H2,1H3,(H2,24,25,26);1H. The van der Waals surface area contributed by atoms with Crippen LogP contribution in [0.5, 0.6) is 0 Å². The number of nitrogens with zero attached hydrogens (tertiary/aromatic N) is 4. The van der Waals surface area contributed by atoms with Gasteiger partial charge in [0.2, 0.25) is 11.7 Å². The number of aromatic nitrogens is 2. The molecule has 2 aliphatic heterocycles. The molecule has 4 rings (SSSR count). The molecule has 0 saturated carbocycles. The normalized spacial score (nSPS) is 20.2. The summed E-state index contributed by atoms with van der Waals surface area (Å²) in [6.07, 6.45) is 4.09. The van der Waals surface area contributed by atoms with Crippen molar-refractivity contribution >= 4 is 41.5 Å². The van der Waals surface area contributed by atoms with E-state index in [2.05, 4.69) is 30.7 Å². The van der Waals surface area contributed by atoms with E-state index in [4.69, 9.17) is 20.9 Å². The highest BCUT2D eigenvalue weighted by atomic mass is 127. The van der Waals surface area contributed by atoms with Gasteiger partial charge in [-0.25, -0.2) is 0 Å². The molecule has 1 unspecified atom stereocenters. The van der Waals surface area contributed by atoms with Crippen LogP contribution in [0, 0.1) is 5.92 Å². The lowest BCUT2D eigenvalue weighted by Crippen LogP contribution is -2.49. The van der Waals surface area contributed by atoms with Crippen LogP contribution in [0.25, 0.3) is 11.4 Å². The maximum absolute atomic E-state index is 5.93. The molecule has 176 valence electrons. The van der Waals surface area contributed by atoms with Crippen molar-refractivity contribution in [2.24, 2.45) is 10.9 Å². The molecule has 2 fully saturated rings. The predicted octanol–water partition coefficient (Wildman–Crippen LogP) is 3.22. The van der Waals surface area contributed by atoms with E-state index in [0.29, 0.717) is 41.7 Å². The van der Waals surface area contributed by atoms with Crippen LogP contribution in [0.15, 0.2) is 33.8 Å². The van der Waals surface area contributed by atoms with E-state index in [1.165, 1.54) is 13.0 Å². The number of nitrogens with one attached hydrogen (secondary N) is 2. The fourth-order valence-corrected chi connectivity index (χ4v) is 4.23. The lowest BCUT2D eigenvalue weighted by Gasteiger charge is -2.34. The molecule has 0 spiro atoms. The van der Waals surface area contributed by atoms with Gasteiger partial charge in [0, 0.05) is 62.9 Å². The van der Waals surface area contributed by atoms with Gasteiger partial charge in [-0.1, -0.05) is 16.8 Å². The average molecular weight is 575 g/mol. The zero-order valence-electron chi connectivity index (χ0n) is 18.4. The molecule has 2 aliphatic rings. The number of hydrogen-bond donors (Lipinski definition) is 2. The van der Waals surface area contributed by atoms with E-state index in [-0.39, 0.29) is 24.0 Å². The topological polar surface area (TPSA) is 87.8 Å². The fraction of sp³-hybridized carbons (Fsp3) is 0.591. The summed E-state index contributed by atoms with van der Waals surface area (Å²) in [4.78, 5) is 11.4. The number of ether oxygens (including phenoxy) is 1. The van der Waals surface area contributed by atoms with Gasteiger partial charge < -0.3 is 24.8 Å². The minimum atomic E-state index is 0. The number of benzene rings is 1. The molecule has 0 aliphatic carbocycles. The molecule has 1 aromatic heterocycles. The maximum Gasteiger partial charge on any atom is 0.228 e. The van der Waals surface area contributed by atoms with Gasteiger partial charge in [0.25, 0.3) is 0 Å². The van der Waals surface area contributed by atoms with Gasteiger partial charge in [-0.05, 0) is 49.4 Å². The van der Waals surface area contributed by atoms with Crippen LogP contribution in [0.3, 0.4) is 0 Å².